The van der Waals surface area contributed by atoms with Crippen LogP contribution in [0.3, 0.4) is 0 Å². The molecular weight excluding hydrogens is 492 g/mol. The molecule has 2 N–H and O–H groups in total. The van der Waals surface area contributed by atoms with Crippen LogP contribution in [0.25, 0.3) is 0 Å². The fraction of sp³-hybridized carbons (Fsp3) is 0.556. The number of aromatic amines is 1. The molecule has 1 saturated heterocycles. The van der Waals surface area contributed by atoms with Gasteiger partial charge in [-0.15, -0.1) is 0 Å². The number of thioether (sulfide) groups is 1. The number of esters is 1. The zero-order chi connectivity index (χ0) is 26.7. The van der Waals surface area contributed by atoms with Crippen LogP contribution < -0.4 is 5.32 Å². The molecule has 0 radical (unpaired) electrons. The van der Waals surface area contributed by atoms with E-state index < -0.39 is 17.6 Å². The molecule has 2 atom stereocenters. The molecule has 1 aromatic carbocycles. The van der Waals surface area contributed by atoms with E-state index in [4.69, 9.17) is 9.47 Å². The number of aromatic nitrogens is 2. The van der Waals surface area contributed by atoms with Gasteiger partial charge in [0.1, 0.15) is 5.60 Å². The number of ether oxygens (including phenoxy) is 2. The Bertz CT molecular complexity index is 993. The van der Waals surface area contributed by atoms with E-state index in [2.05, 4.69) is 15.3 Å². The standard InChI is InChI=1S/C18H25NO4S.C9H13N3O/c1-4-15(20)19-16(17(21)22-2)18(12-24-3,23-14-10-11-14)13-8-6-5-7-9-13;13-9(12-3-1-2-4-12)5-8-6-10-7-11-8/h5-9,14,16H,4,10-12H2,1-3H3,(H,19,20);6-7H,1-5H2,(H,10,11)/t16-,18+;/m1./s1. The van der Waals surface area contributed by atoms with E-state index in [0.29, 0.717) is 18.6 Å². The van der Waals surface area contributed by atoms with Gasteiger partial charge in [-0.1, -0.05) is 37.3 Å². The van der Waals surface area contributed by atoms with Crippen LogP contribution in [0.1, 0.15) is 50.3 Å². The lowest BCUT2D eigenvalue weighted by molar-refractivity contribution is -0.158. The van der Waals surface area contributed by atoms with E-state index in [1.54, 1.807) is 31.2 Å². The van der Waals surface area contributed by atoms with Gasteiger partial charge in [0.2, 0.25) is 11.8 Å². The van der Waals surface area contributed by atoms with Gasteiger partial charge in [0.15, 0.2) is 6.04 Å². The number of hydrogen-bond donors (Lipinski definition) is 2. The van der Waals surface area contributed by atoms with Crippen molar-refractivity contribution in [2.24, 2.45) is 0 Å². The van der Waals surface area contributed by atoms with E-state index in [9.17, 15) is 14.4 Å². The third-order valence-corrected chi connectivity index (χ3v) is 7.13. The van der Waals surface area contributed by atoms with Crippen molar-refractivity contribution in [1.82, 2.24) is 20.2 Å². The van der Waals surface area contributed by atoms with Gasteiger partial charge in [-0.3, -0.25) is 9.59 Å². The lowest BCUT2D eigenvalue weighted by Gasteiger charge is -2.39. The molecule has 2 fully saturated rings. The smallest absolute Gasteiger partial charge is 0.331 e. The highest BCUT2D eigenvalue weighted by atomic mass is 32.2. The highest BCUT2D eigenvalue weighted by Crippen LogP contribution is 2.40. The average molecular weight is 531 g/mol. The molecule has 2 aromatic rings. The van der Waals surface area contributed by atoms with Crippen molar-refractivity contribution in [3.05, 3.63) is 54.1 Å². The molecule has 37 heavy (non-hydrogen) atoms. The van der Waals surface area contributed by atoms with Crippen LogP contribution >= 0.6 is 11.8 Å². The fourth-order valence-electron chi connectivity index (χ4n) is 4.29. The Morgan fingerprint density at radius 3 is 2.46 bits per heavy atom. The maximum atomic E-state index is 12.5. The molecule has 2 heterocycles. The normalized spacial score (nSPS) is 17.2. The number of nitrogens with one attached hydrogen (secondary N) is 2. The number of likely N-dealkylation sites (tertiary alicyclic amines) is 1. The first-order valence-electron chi connectivity index (χ1n) is 12.8. The summed E-state index contributed by atoms with van der Waals surface area (Å²) < 4.78 is 11.4. The number of methoxy groups -OCH3 is 1. The van der Waals surface area contributed by atoms with Gasteiger partial charge >= 0.3 is 5.97 Å². The van der Waals surface area contributed by atoms with Crippen molar-refractivity contribution in [3.8, 4) is 0 Å². The van der Waals surface area contributed by atoms with Crippen molar-refractivity contribution in [1.29, 1.82) is 0 Å². The number of nitrogens with zero attached hydrogens (tertiary/aromatic N) is 2. The number of imidazole rings is 1. The Hall–Kier alpha value is -2.85. The monoisotopic (exact) mass is 530 g/mol. The van der Waals surface area contributed by atoms with Crippen LogP contribution in [-0.2, 0) is 35.9 Å². The highest BCUT2D eigenvalue weighted by Gasteiger charge is 2.50. The first-order chi connectivity index (χ1) is 17.9. The largest absolute Gasteiger partial charge is 0.467 e. The van der Waals surface area contributed by atoms with Gasteiger partial charge in [-0.05, 0) is 37.5 Å². The number of hydrogen-bond acceptors (Lipinski definition) is 7. The van der Waals surface area contributed by atoms with E-state index >= 15 is 0 Å². The fourth-order valence-corrected chi connectivity index (χ4v) is 5.12. The number of carbonyl (C=O) groups is 3. The molecule has 0 bridgehead atoms. The molecule has 0 spiro atoms. The minimum absolute atomic E-state index is 0.114. The summed E-state index contributed by atoms with van der Waals surface area (Å²) in [6, 6.07) is 8.74. The topological polar surface area (TPSA) is 114 Å². The van der Waals surface area contributed by atoms with Crippen molar-refractivity contribution >= 4 is 29.5 Å². The Morgan fingerprint density at radius 1 is 1.22 bits per heavy atom. The molecule has 4 rings (SSSR count). The average Bonchev–Trinajstić information content (AvgIpc) is 3.33. The van der Waals surface area contributed by atoms with E-state index in [1.807, 2.05) is 41.5 Å². The molecule has 2 amide bonds. The predicted molar refractivity (Wildman–Crippen MR) is 143 cm³/mol. The van der Waals surface area contributed by atoms with Crippen molar-refractivity contribution in [2.45, 2.75) is 63.2 Å². The number of H-pyrrole nitrogens is 1. The number of amides is 2. The van der Waals surface area contributed by atoms with Crippen LogP contribution in [0, 0.1) is 0 Å². The molecule has 0 unspecified atom stereocenters. The maximum Gasteiger partial charge on any atom is 0.331 e. The summed E-state index contributed by atoms with van der Waals surface area (Å²) in [6.07, 6.45) is 10.4. The van der Waals surface area contributed by atoms with Gasteiger partial charge in [0, 0.05) is 37.2 Å². The summed E-state index contributed by atoms with van der Waals surface area (Å²) >= 11 is 1.58. The molecule has 1 aliphatic heterocycles. The Labute approximate surface area is 223 Å². The summed E-state index contributed by atoms with van der Waals surface area (Å²) in [7, 11) is 1.33. The van der Waals surface area contributed by atoms with Crippen LogP contribution in [-0.4, -0.2) is 77.0 Å². The van der Waals surface area contributed by atoms with E-state index in [0.717, 1.165) is 50.0 Å². The zero-order valence-corrected chi connectivity index (χ0v) is 22.7. The zero-order valence-electron chi connectivity index (χ0n) is 21.9. The lowest BCUT2D eigenvalue weighted by atomic mass is 9.87. The van der Waals surface area contributed by atoms with Gasteiger partial charge in [0.25, 0.3) is 0 Å². The van der Waals surface area contributed by atoms with Crippen molar-refractivity contribution in [3.63, 3.8) is 0 Å². The first-order valence-corrected chi connectivity index (χ1v) is 14.2. The third-order valence-electron chi connectivity index (χ3n) is 6.41. The molecule has 202 valence electrons. The van der Waals surface area contributed by atoms with E-state index in [-0.39, 0.29) is 17.9 Å². The third kappa shape index (κ3) is 8.07. The molecule has 10 heteroatoms. The second-order valence-electron chi connectivity index (χ2n) is 9.22. The summed E-state index contributed by atoms with van der Waals surface area (Å²) in [5.41, 5.74) is 0.828. The SMILES string of the molecule is CCC(=O)N[C@H](C(=O)OC)[C@@](CSC)(OC1CC1)c1ccccc1.O=C(Cc1cnc[nH]1)N1CCCC1. The second-order valence-corrected chi connectivity index (χ2v) is 10.1. The first kappa shape index (κ1) is 28.7. The van der Waals surface area contributed by atoms with Gasteiger partial charge < -0.3 is 24.7 Å². The molecule has 9 nitrogen and oxygen atoms in total. The molecule has 2 aliphatic rings. The Balaban J connectivity index is 0.000000244. The lowest BCUT2D eigenvalue weighted by Crippen LogP contribution is -2.58. The minimum atomic E-state index is -0.945. The molecular formula is C27H38N4O5S. The summed E-state index contributed by atoms with van der Waals surface area (Å²) in [4.78, 5) is 44.9. The Morgan fingerprint density at radius 2 is 1.92 bits per heavy atom. The van der Waals surface area contributed by atoms with Crippen LogP contribution in [0.15, 0.2) is 42.9 Å². The van der Waals surface area contributed by atoms with Crippen molar-refractivity contribution in [2.75, 3.05) is 32.2 Å². The van der Waals surface area contributed by atoms with Gasteiger partial charge in [0.05, 0.1) is 26.0 Å². The summed E-state index contributed by atoms with van der Waals surface area (Å²) in [5.74, 6) is 0.0559. The van der Waals surface area contributed by atoms with Crippen molar-refractivity contribution < 1.29 is 23.9 Å². The summed E-state index contributed by atoms with van der Waals surface area (Å²) in [5, 5.41) is 2.82. The maximum absolute atomic E-state index is 12.5. The molecule has 1 aromatic heterocycles. The number of carbonyl (C=O) groups excluding carboxylic acids is 3. The minimum Gasteiger partial charge on any atom is -0.467 e. The van der Waals surface area contributed by atoms with Crippen LogP contribution in [0.5, 0.6) is 0 Å². The van der Waals surface area contributed by atoms with Crippen LogP contribution in [0.4, 0.5) is 0 Å². The van der Waals surface area contributed by atoms with Crippen LogP contribution in [0.2, 0.25) is 0 Å². The quantitative estimate of drug-likeness (QED) is 0.429. The molecule has 1 saturated carbocycles. The van der Waals surface area contributed by atoms with Gasteiger partial charge in [-0.2, -0.15) is 11.8 Å². The van der Waals surface area contributed by atoms with Gasteiger partial charge in [-0.25, -0.2) is 9.78 Å². The Kier molecular flexibility index (Phi) is 11.0. The molecule has 1 aliphatic carbocycles. The summed E-state index contributed by atoms with van der Waals surface area (Å²) in [6.45, 7) is 3.60. The second kappa shape index (κ2) is 14.2. The number of rotatable bonds is 11. The predicted octanol–water partition coefficient (Wildman–Crippen LogP) is 3.07. The highest BCUT2D eigenvalue weighted by molar-refractivity contribution is 7.98. The number of benzene rings is 1. The van der Waals surface area contributed by atoms with E-state index in [1.165, 1.54) is 7.11 Å².